The van der Waals surface area contributed by atoms with Gasteiger partial charge in [0.05, 0.1) is 15.8 Å². The van der Waals surface area contributed by atoms with Gasteiger partial charge in [0, 0.05) is 18.7 Å². The first-order valence-corrected chi connectivity index (χ1v) is 11.9. The maximum Gasteiger partial charge on any atom is 0.243 e. The van der Waals surface area contributed by atoms with Gasteiger partial charge in [-0.05, 0) is 48.6 Å². The Hall–Kier alpha value is -2.22. The molecule has 1 aliphatic heterocycles. The Bertz CT molecular complexity index is 1130. The normalized spacial score (nSPS) is 18.1. The smallest absolute Gasteiger partial charge is 0.243 e. The molecule has 1 aromatic heterocycles. The summed E-state index contributed by atoms with van der Waals surface area (Å²) in [5.41, 5.74) is 1.81. The minimum Gasteiger partial charge on any atom is -0.339 e. The molecule has 0 aliphatic carbocycles. The summed E-state index contributed by atoms with van der Waals surface area (Å²) in [4.78, 5) is 4.82. The Labute approximate surface area is 181 Å². The zero-order chi connectivity index (χ0) is 21.3. The summed E-state index contributed by atoms with van der Waals surface area (Å²) in [6.45, 7) is 4.97. The van der Waals surface area contributed by atoms with E-state index in [-0.39, 0.29) is 5.92 Å². The minimum atomic E-state index is -3.58. The van der Waals surface area contributed by atoms with Gasteiger partial charge in [0.15, 0.2) is 0 Å². The lowest BCUT2D eigenvalue weighted by Gasteiger charge is -2.30. The highest BCUT2D eigenvalue weighted by Crippen LogP contribution is 2.32. The van der Waals surface area contributed by atoms with E-state index >= 15 is 0 Å². The third-order valence-electron chi connectivity index (χ3n) is 5.47. The van der Waals surface area contributed by atoms with E-state index in [0.717, 1.165) is 18.4 Å². The second-order valence-corrected chi connectivity index (χ2v) is 10.2. The van der Waals surface area contributed by atoms with Crippen LogP contribution in [-0.4, -0.2) is 36.0 Å². The predicted molar refractivity (Wildman–Crippen MR) is 116 cm³/mol. The topological polar surface area (TPSA) is 76.3 Å². The fraction of sp³-hybridized carbons (Fsp3) is 0.364. The SMILES string of the molecule is CC(C)c1ccc(S(=O)(=O)N2CCCC(c3nc(-c4ccccc4Cl)no3)C2)cc1. The lowest BCUT2D eigenvalue weighted by Crippen LogP contribution is -2.39. The second kappa shape index (κ2) is 8.49. The number of hydrogen-bond acceptors (Lipinski definition) is 5. The molecular weight excluding hydrogens is 422 g/mol. The van der Waals surface area contributed by atoms with Gasteiger partial charge in [0.1, 0.15) is 0 Å². The van der Waals surface area contributed by atoms with Crippen molar-refractivity contribution in [1.82, 2.24) is 14.4 Å². The molecule has 1 atom stereocenters. The van der Waals surface area contributed by atoms with Crippen molar-refractivity contribution in [2.75, 3.05) is 13.1 Å². The molecule has 4 rings (SSSR count). The average molecular weight is 446 g/mol. The van der Waals surface area contributed by atoms with Crippen LogP contribution in [0, 0.1) is 0 Å². The van der Waals surface area contributed by atoms with E-state index in [0.29, 0.717) is 46.2 Å². The third kappa shape index (κ3) is 4.15. The summed E-state index contributed by atoms with van der Waals surface area (Å²) in [6.07, 6.45) is 1.53. The van der Waals surface area contributed by atoms with Crippen LogP contribution in [0.25, 0.3) is 11.4 Å². The molecule has 1 fully saturated rings. The van der Waals surface area contributed by atoms with Crippen LogP contribution in [0.2, 0.25) is 5.02 Å². The molecule has 1 aliphatic rings. The summed E-state index contributed by atoms with van der Waals surface area (Å²) in [7, 11) is -3.58. The molecule has 1 unspecified atom stereocenters. The Morgan fingerprint density at radius 2 is 1.87 bits per heavy atom. The molecule has 2 heterocycles. The van der Waals surface area contributed by atoms with Crippen LogP contribution in [0.15, 0.2) is 57.9 Å². The van der Waals surface area contributed by atoms with E-state index in [1.54, 1.807) is 18.2 Å². The standard InChI is InChI=1S/C22H24ClN3O3S/c1-15(2)16-9-11-18(12-10-16)30(27,28)26-13-5-6-17(14-26)22-24-21(25-29-22)19-7-3-4-8-20(19)23/h3-4,7-12,15,17H,5-6,13-14H2,1-2H3. The van der Waals surface area contributed by atoms with Crippen molar-refractivity contribution < 1.29 is 12.9 Å². The quantitative estimate of drug-likeness (QED) is 0.547. The highest BCUT2D eigenvalue weighted by atomic mass is 35.5. The molecule has 0 saturated carbocycles. The minimum absolute atomic E-state index is 0.146. The Kier molecular flexibility index (Phi) is 5.95. The number of halogens is 1. The molecule has 0 bridgehead atoms. The summed E-state index contributed by atoms with van der Waals surface area (Å²) < 4.78 is 33.3. The van der Waals surface area contributed by atoms with Crippen LogP contribution < -0.4 is 0 Å². The summed E-state index contributed by atoms with van der Waals surface area (Å²) in [6, 6.07) is 14.4. The van der Waals surface area contributed by atoms with Gasteiger partial charge in [-0.15, -0.1) is 0 Å². The van der Waals surface area contributed by atoms with Gasteiger partial charge in [-0.1, -0.05) is 54.9 Å². The van der Waals surface area contributed by atoms with Crippen LogP contribution >= 0.6 is 11.6 Å². The molecular formula is C22H24ClN3O3S. The van der Waals surface area contributed by atoms with Crippen LogP contribution in [-0.2, 0) is 10.0 Å². The van der Waals surface area contributed by atoms with Crippen molar-refractivity contribution in [2.24, 2.45) is 0 Å². The van der Waals surface area contributed by atoms with E-state index in [1.807, 2.05) is 30.3 Å². The second-order valence-electron chi connectivity index (χ2n) is 7.86. The van der Waals surface area contributed by atoms with E-state index in [9.17, 15) is 8.42 Å². The monoisotopic (exact) mass is 445 g/mol. The van der Waals surface area contributed by atoms with Crippen molar-refractivity contribution in [1.29, 1.82) is 0 Å². The summed E-state index contributed by atoms with van der Waals surface area (Å²) in [5, 5.41) is 4.60. The first-order valence-electron chi connectivity index (χ1n) is 10.0. The zero-order valence-corrected chi connectivity index (χ0v) is 18.5. The number of aromatic nitrogens is 2. The summed E-state index contributed by atoms with van der Waals surface area (Å²) >= 11 is 6.23. The van der Waals surface area contributed by atoms with Crippen LogP contribution in [0.5, 0.6) is 0 Å². The van der Waals surface area contributed by atoms with Crippen molar-refractivity contribution in [3.8, 4) is 11.4 Å². The average Bonchev–Trinajstić information content (AvgIpc) is 3.24. The number of sulfonamides is 1. The Morgan fingerprint density at radius 3 is 2.57 bits per heavy atom. The van der Waals surface area contributed by atoms with Gasteiger partial charge in [0.2, 0.25) is 21.7 Å². The van der Waals surface area contributed by atoms with Crippen molar-refractivity contribution >= 4 is 21.6 Å². The third-order valence-corrected chi connectivity index (χ3v) is 7.68. The number of nitrogens with zero attached hydrogens (tertiary/aromatic N) is 3. The molecule has 2 aromatic carbocycles. The molecule has 158 valence electrons. The molecule has 0 radical (unpaired) electrons. The number of rotatable bonds is 5. The van der Waals surface area contributed by atoms with E-state index in [4.69, 9.17) is 16.1 Å². The van der Waals surface area contributed by atoms with Gasteiger partial charge in [0.25, 0.3) is 0 Å². The van der Waals surface area contributed by atoms with Crippen molar-refractivity contribution in [3.63, 3.8) is 0 Å². The number of hydrogen-bond donors (Lipinski definition) is 0. The van der Waals surface area contributed by atoms with Crippen LogP contribution in [0.4, 0.5) is 0 Å². The Morgan fingerprint density at radius 1 is 1.13 bits per heavy atom. The molecule has 1 saturated heterocycles. The first-order chi connectivity index (χ1) is 14.4. The lowest BCUT2D eigenvalue weighted by atomic mass is 10.00. The van der Waals surface area contributed by atoms with Gasteiger partial charge in [-0.2, -0.15) is 9.29 Å². The molecule has 6 nitrogen and oxygen atoms in total. The molecule has 0 spiro atoms. The molecule has 3 aromatic rings. The largest absolute Gasteiger partial charge is 0.339 e. The fourth-order valence-corrected chi connectivity index (χ4v) is 5.43. The predicted octanol–water partition coefficient (Wildman–Crippen LogP) is 5.08. The van der Waals surface area contributed by atoms with Crippen molar-refractivity contribution in [2.45, 2.75) is 43.4 Å². The van der Waals surface area contributed by atoms with E-state index in [2.05, 4.69) is 24.0 Å². The number of piperidine rings is 1. The van der Waals surface area contributed by atoms with Gasteiger partial charge < -0.3 is 4.52 Å². The maximum absolute atomic E-state index is 13.2. The zero-order valence-electron chi connectivity index (χ0n) is 17.0. The van der Waals surface area contributed by atoms with Crippen molar-refractivity contribution in [3.05, 3.63) is 65.0 Å². The molecule has 8 heteroatoms. The van der Waals surface area contributed by atoms with Crippen LogP contribution in [0.3, 0.4) is 0 Å². The molecule has 0 N–H and O–H groups in total. The van der Waals surface area contributed by atoms with E-state index in [1.165, 1.54) is 4.31 Å². The first kappa shape index (κ1) is 21.0. The number of benzene rings is 2. The highest BCUT2D eigenvalue weighted by Gasteiger charge is 2.33. The van der Waals surface area contributed by atoms with E-state index < -0.39 is 10.0 Å². The molecule has 0 amide bonds. The summed E-state index contributed by atoms with van der Waals surface area (Å²) in [5.74, 6) is 1.07. The maximum atomic E-state index is 13.2. The Balaban J connectivity index is 1.54. The van der Waals surface area contributed by atoms with Gasteiger partial charge >= 0.3 is 0 Å². The fourth-order valence-electron chi connectivity index (χ4n) is 3.69. The molecule has 30 heavy (non-hydrogen) atoms. The lowest BCUT2D eigenvalue weighted by molar-refractivity contribution is 0.265. The van der Waals surface area contributed by atoms with Gasteiger partial charge in [-0.25, -0.2) is 8.42 Å². The highest BCUT2D eigenvalue weighted by molar-refractivity contribution is 7.89. The van der Waals surface area contributed by atoms with Gasteiger partial charge in [-0.3, -0.25) is 0 Å². The van der Waals surface area contributed by atoms with Crippen LogP contribution in [0.1, 0.15) is 50.0 Å².